The van der Waals surface area contributed by atoms with Gasteiger partial charge in [0.05, 0.1) is 0 Å². The maximum atomic E-state index is 5.46. The van der Waals surface area contributed by atoms with E-state index in [9.17, 15) is 0 Å². The number of likely N-dealkylation sites (N-methyl/N-ethyl adjacent to an activating group) is 1. The first-order valence-electron chi connectivity index (χ1n) is 4.24. The first-order valence-corrected chi connectivity index (χ1v) is 5.45. The van der Waals surface area contributed by atoms with Gasteiger partial charge < -0.3 is 12.6 Å². The molecule has 0 aromatic rings. The average molecular weight is 172 g/mol. The summed E-state index contributed by atoms with van der Waals surface area (Å²) in [7, 11) is 4.23. The van der Waals surface area contributed by atoms with E-state index in [0.717, 1.165) is 13.2 Å². The monoisotopic (exact) mass is 172 g/mol. The molecule has 1 rings (SSSR count). The van der Waals surface area contributed by atoms with Gasteiger partial charge in [0.15, 0.2) is 0 Å². The average Bonchev–Trinajstić information content (AvgIpc) is 2.03. The molecule has 3 nitrogen and oxygen atoms in total. The molecule has 0 amide bonds. The van der Waals surface area contributed by atoms with Crippen LogP contribution in [0.15, 0.2) is 0 Å². The standard InChI is InChI=1S/C7H16N2O.Al.H/c1-9(2)6-5-8-4-3-7-10;;/h3-7H2,1-2H3;;/q-2;+2;. The lowest BCUT2D eigenvalue weighted by molar-refractivity contribution is 0.210. The zero-order valence-corrected chi connectivity index (χ0v) is 8.96. The van der Waals surface area contributed by atoms with E-state index in [4.69, 9.17) is 3.79 Å². The Kier molecular flexibility index (Phi) is 4.43. The Bertz CT molecular complexity index is 105. The molecule has 11 heavy (non-hydrogen) atoms. The van der Waals surface area contributed by atoms with E-state index in [1.807, 2.05) is 0 Å². The molecule has 0 N–H and O–H groups in total. The van der Waals surface area contributed by atoms with Gasteiger partial charge in [0.2, 0.25) is 0 Å². The molecule has 1 saturated heterocycles. The van der Waals surface area contributed by atoms with Gasteiger partial charge in [-0.1, -0.05) is 0 Å². The van der Waals surface area contributed by atoms with Gasteiger partial charge >= 0.3 is 15.8 Å². The third kappa shape index (κ3) is 4.10. The van der Waals surface area contributed by atoms with Crippen LogP contribution in [0.5, 0.6) is 0 Å². The molecule has 0 unspecified atom stereocenters. The lowest BCUT2D eigenvalue weighted by Crippen LogP contribution is -2.40. The Labute approximate surface area is 75.6 Å². The molecule has 1 fully saturated rings. The number of rotatable bonds is 3. The number of nitrogens with zero attached hydrogens (tertiary/aromatic N) is 2. The number of hydrogen-bond acceptors (Lipinski definition) is 3. The highest BCUT2D eigenvalue weighted by Crippen LogP contribution is 1.97. The highest BCUT2D eigenvalue weighted by atomic mass is 27.1. The Morgan fingerprint density at radius 2 is 2.36 bits per heavy atom. The van der Waals surface area contributed by atoms with Crippen molar-refractivity contribution in [1.82, 2.24) is 8.78 Å². The van der Waals surface area contributed by atoms with Crippen LogP contribution < -0.4 is 0 Å². The normalized spacial score (nSPS) is 20.3. The maximum Gasteiger partial charge on any atom is 0.555 e. The maximum absolute atomic E-state index is 5.46. The summed E-state index contributed by atoms with van der Waals surface area (Å²) in [5.74, 6) is 0. The van der Waals surface area contributed by atoms with Crippen molar-refractivity contribution in [3.63, 3.8) is 0 Å². The van der Waals surface area contributed by atoms with Crippen LogP contribution in [0.2, 0.25) is 0 Å². The highest BCUT2D eigenvalue weighted by Gasteiger charge is 2.13. The molecule has 0 aromatic heterocycles. The summed E-state index contributed by atoms with van der Waals surface area (Å²) in [6, 6.07) is 0. The molecule has 64 valence electrons. The van der Waals surface area contributed by atoms with Crippen molar-refractivity contribution in [2.45, 2.75) is 6.42 Å². The van der Waals surface area contributed by atoms with Crippen molar-refractivity contribution in [3.05, 3.63) is 0 Å². The van der Waals surface area contributed by atoms with E-state index in [2.05, 4.69) is 22.9 Å². The molecule has 0 atom stereocenters. The van der Waals surface area contributed by atoms with Gasteiger partial charge in [0.1, 0.15) is 0 Å². The van der Waals surface area contributed by atoms with Crippen molar-refractivity contribution in [3.8, 4) is 0 Å². The molecule has 4 heteroatoms. The summed E-state index contributed by atoms with van der Waals surface area (Å²) in [6.07, 6.45) is 1.22. The van der Waals surface area contributed by atoms with E-state index in [0.29, 0.717) is 0 Å². The van der Waals surface area contributed by atoms with Crippen LogP contribution in [0.4, 0.5) is 0 Å². The van der Waals surface area contributed by atoms with Crippen molar-refractivity contribution in [2.24, 2.45) is 0 Å². The molecular formula is C7H17AlN2O. The van der Waals surface area contributed by atoms with Crippen LogP contribution in [-0.4, -0.2) is 64.9 Å². The van der Waals surface area contributed by atoms with E-state index < -0.39 is 0 Å². The summed E-state index contributed by atoms with van der Waals surface area (Å²) in [5.41, 5.74) is 0. The largest absolute Gasteiger partial charge is 0.555 e. The lowest BCUT2D eigenvalue weighted by Gasteiger charge is -2.26. The van der Waals surface area contributed by atoms with E-state index in [1.54, 1.807) is 0 Å². The fourth-order valence-electron chi connectivity index (χ4n) is 1.17. The summed E-state index contributed by atoms with van der Waals surface area (Å²) in [6.45, 7) is 4.63. The molecule has 0 aromatic carbocycles. The lowest BCUT2D eigenvalue weighted by atomic mass is 10.4. The van der Waals surface area contributed by atoms with E-state index in [-0.39, 0.29) is 15.8 Å². The Morgan fingerprint density at radius 3 is 2.91 bits per heavy atom. The summed E-state index contributed by atoms with van der Waals surface area (Å²) >= 11 is -0.314. The molecule has 0 radical (unpaired) electrons. The van der Waals surface area contributed by atoms with Crippen molar-refractivity contribution >= 4 is 15.8 Å². The SMILES string of the molecule is CN(C)CC[N]1CCC[O][AlH]1. The highest BCUT2D eigenvalue weighted by molar-refractivity contribution is 6.23. The van der Waals surface area contributed by atoms with Crippen molar-refractivity contribution in [2.75, 3.05) is 40.3 Å². The first kappa shape index (κ1) is 9.50. The second-order valence-corrected chi connectivity index (χ2v) is 4.87. The molecular weight excluding hydrogens is 155 g/mol. The summed E-state index contributed by atoms with van der Waals surface area (Å²) < 4.78 is 7.95. The molecule has 0 aliphatic carbocycles. The Morgan fingerprint density at radius 1 is 1.55 bits per heavy atom. The van der Waals surface area contributed by atoms with Gasteiger partial charge in [-0.15, -0.1) is 0 Å². The van der Waals surface area contributed by atoms with Gasteiger partial charge in [0.25, 0.3) is 0 Å². The molecule has 0 spiro atoms. The predicted molar refractivity (Wildman–Crippen MR) is 47.8 cm³/mol. The van der Waals surface area contributed by atoms with Crippen LogP contribution in [-0.2, 0) is 3.79 Å². The predicted octanol–water partition coefficient (Wildman–Crippen LogP) is -0.463. The molecule has 1 aliphatic heterocycles. The topological polar surface area (TPSA) is 15.7 Å². The van der Waals surface area contributed by atoms with Crippen LogP contribution in [0.1, 0.15) is 6.42 Å². The first-order chi connectivity index (χ1) is 5.29. The smallest absolute Gasteiger partial charge is 0.491 e. The minimum Gasteiger partial charge on any atom is -0.491 e. The van der Waals surface area contributed by atoms with Gasteiger partial charge in [0, 0.05) is 13.2 Å². The van der Waals surface area contributed by atoms with Crippen molar-refractivity contribution < 1.29 is 3.79 Å². The summed E-state index contributed by atoms with van der Waals surface area (Å²) in [5, 5.41) is 0. The van der Waals surface area contributed by atoms with Gasteiger partial charge in [-0.3, -0.25) is 0 Å². The van der Waals surface area contributed by atoms with Crippen molar-refractivity contribution in [1.29, 1.82) is 0 Å². The fraction of sp³-hybridized carbons (Fsp3) is 1.00. The van der Waals surface area contributed by atoms with Crippen LogP contribution in [0.25, 0.3) is 0 Å². The summed E-state index contributed by atoms with van der Waals surface area (Å²) in [4.78, 5) is 2.23. The molecule has 0 bridgehead atoms. The van der Waals surface area contributed by atoms with Gasteiger partial charge in [-0.05, 0) is 33.6 Å². The zero-order chi connectivity index (χ0) is 8.10. The van der Waals surface area contributed by atoms with Gasteiger partial charge in [-0.25, -0.2) is 0 Å². The van der Waals surface area contributed by atoms with Gasteiger partial charge in [-0.2, -0.15) is 0 Å². The Balaban J connectivity index is 2.05. The fourth-order valence-corrected chi connectivity index (χ4v) is 2.38. The molecule has 1 heterocycles. The second kappa shape index (κ2) is 5.13. The van der Waals surface area contributed by atoms with Crippen LogP contribution in [0.3, 0.4) is 0 Å². The molecule has 1 aliphatic rings. The van der Waals surface area contributed by atoms with E-state index in [1.165, 1.54) is 19.5 Å². The quantitative estimate of drug-likeness (QED) is 0.536. The van der Waals surface area contributed by atoms with E-state index >= 15 is 0 Å². The minimum atomic E-state index is -0.314. The van der Waals surface area contributed by atoms with Crippen LogP contribution >= 0.6 is 0 Å². The number of hydrogen-bond donors (Lipinski definition) is 0. The second-order valence-electron chi connectivity index (χ2n) is 3.31. The third-order valence-corrected chi connectivity index (χ3v) is 3.37. The third-order valence-electron chi connectivity index (χ3n) is 1.90. The van der Waals surface area contributed by atoms with Crippen LogP contribution in [0, 0.1) is 0 Å². The molecule has 0 saturated carbocycles. The Hall–Kier alpha value is 0.412. The minimum absolute atomic E-state index is 0.314. The zero-order valence-electron chi connectivity index (χ0n) is 7.55.